The lowest BCUT2D eigenvalue weighted by molar-refractivity contribution is -0.132. The van der Waals surface area contributed by atoms with E-state index in [4.69, 9.17) is 74.3 Å². The first-order chi connectivity index (χ1) is 29.3. The predicted molar refractivity (Wildman–Crippen MR) is 253 cm³/mol. The zero-order chi connectivity index (χ0) is 44.8. The Hall–Kier alpha value is -2.97. The van der Waals surface area contributed by atoms with Crippen LogP contribution in [-0.4, -0.2) is 40.5 Å². The van der Waals surface area contributed by atoms with E-state index < -0.39 is 11.7 Å². The normalized spacial score (nSPS) is 29.3. The van der Waals surface area contributed by atoms with Crippen LogP contribution in [0.25, 0.3) is 0 Å². The van der Waals surface area contributed by atoms with Crippen LogP contribution in [0.3, 0.4) is 0 Å². The average molecular weight is 960 g/mol. The number of nitrogens with one attached hydrogen (secondary N) is 1. The second-order valence-corrected chi connectivity index (χ2v) is 21.2. The molecule has 4 fully saturated rings. The average Bonchev–Trinajstić information content (AvgIpc) is 3.61. The van der Waals surface area contributed by atoms with Crippen LogP contribution < -0.4 is 5.32 Å². The quantitative estimate of drug-likeness (QED) is 0.209. The molecule has 2 saturated heterocycles. The number of fused-ring (bicyclic) bond motifs is 2. The van der Waals surface area contributed by atoms with Gasteiger partial charge in [-0.05, 0) is 167 Å². The van der Waals surface area contributed by atoms with E-state index >= 15 is 0 Å². The van der Waals surface area contributed by atoms with Crippen LogP contribution in [-0.2, 0) is 14.3 Å². The highest BCUT2D eigenvalue weighted by Crippen LogP contribution is 2.61. The zero-order valence-corrected chi connectivity index (χ0v) is 40.4. The molecule has 2 saturated carbocycles. The molecule has 2 aliphatic carbocycles. The van der Waals surface area contributed by atoms with Crippen molar-refractivity contribution >= 4 is 87.5 Å². The van der Waals surface area contributed by atoms with E-state index in [0.717, 1.165) is 53.8 Å². The molecule has 330 valence electrons. The van der Waals surface area contributed by atoms with Gasteiger partial charge in [0.1, 0.15) is 5.60 Å². The number of hydrogen-bond acceptors (Lipinski definition) is 4. The van der Waals surface area contributed by atoms with Crippen LogP contribution in [0.1, 0.15) is 126 Å². The fourth-order valence-corrected chi connectivity index (χ4v) is 12.9. The molecule has 0 spiro atoms. The zero-order valence-electron chi connectivity index (χ0n) is 35.9. The number of amides is 3. The van der Waals surface area contributed by atoms with Crippen LogP contribution in [0.4, 0.5) is 4.79 Å². The van der Waals surface area contributed by atoms with Gasteiger partial charge in [0.15, 0.2) is 0 Å². The molecule has 62 heavy (non-hydrogen) atoms. The number of halogens is 6. The Morgan fingerprint density at radius 1 is 0.710 bits per heavy atom. The van der Waals surface area contributed by atoms with Gasteiger partial charge in [-0.1, -0.05) is 119 Å². The maximum absolute atomic E-state index is 13.4. The number of rotatable bonds is 6. The van der Waals surface area contributed by atoms with E-state index in [1.54, 1.807) is 26.8 Å². The largest absolute Gasteiger partial charge is 0.443 e. The number of carbonyl (C=O) groups excluding carboxylic acids is 3. The summed E-state index contributed by atoms with van der Waals surface area (Å²) >= 11 is 38.0. The summed E-state index contributed by atoms with van der Waals surface area (Å²) in [4.78, 5) is 40.9. The van der Waals surface area contributed by atoms with E-state index in [0.29, 0.717) is 31.5 Å². The van der Waals surface area contributed by atoms with Crippen molar-refractivity contribution in [1.29, 1.82) is 0 Å². The van der Waals surface area contributed by atoms with Gasteiger partial charge in [0.25, 0.3) is 0 Å². The van der Waals surface area contributed by atoms with Crippen molar-refractivity contribution in [3.63, 3.8) is 0 Å². The monoisotopic (exact) mass is 956 g/mol. The van der Waals surface area contributed by atoms with Crippen molar-refractivity contribution < 1.29 is 19.1 Å². The molecule has 0 aromatic heterocycles. The van der Waals surface area contributed by atoms with Gasteiger partial charge in [0.2, 0.25) is 11.8 Å². The van der Waals surface area contributed by atoms with Gasteiger partial charge in [-0.15, -0.1) is 0 Å². The molecule has 1 N–H and O–H groups in total. The fraction of sp³-hybridized carbons (Fsp3) is 0.460. The van der Waals surface area contributed by atoms with E-state index in [-0.39, 0.29) is 70.7 Å². The standard InChI is InChI=1S/C26H28Cl3NO3.C24H26Cl3NO/c1-14-22-20(24(31)30(14)25(32)33-26(2,3)4)12-11-19(18-10-9-17(28)13-21(18)29)23(22)15-5-7-16(27)8-6-15;1-3-11-24-12-10-19(18-9-8-17(26)13-20(18)27)21(15-4-6-16(25)7-5-15)22(24)14(2)28-23(24)29/h5-10,13-14,19-20,22-23H,11-12H2,1-4H3;4-9,13-14,19,21-22H,3,10-12H2,1-2H3,(H,28,29)/t14-,19+,20+,22-,23+;14-,19+,21+,22+,24-/m11/s1. The van der Waals surface area contributed by atoms with Gasteiger partial charge < -0.3 is 10.1 Å². The van der Waals surface area contributed by atoms with Crippen LogP contribution in [0, 0.1) is 23.2 Å². The van der Waals surface area contributed by atoms with Gasteiger partial charge in [0.05, 0.1) is 5.41 Å². The highest BCUT2D eigenvalue weighted by atomic mass is 35.5. The molecule has 2 heterocycles. The Morgan fingerprint density at radius 3 is 1.69 bits per heavy atom. The first-order valence-corrected chi connectivity index (χ1v) is 23.9. The van der Waals surface area contributed by atoms with Gasteiger partial charge in [-0.2, -0.15) is 0 Å². The number of nitrogens with zero attached hydrogens (tertiary/aromatic N) is 1. The minimum Gasteiger partial charge on any atom is -0.443 e. The summed E-state index contributed by atoms with van der Waals surface area (Å²) in [5, 5.41) is 7.19. The summed E-state index contributed by atoms with van der Waals surface area (Å²) in [6, 6.07) is 27.1. The first kappa shape index (κ1) is 47.0. The third-order valence-electron chi connectivity index (χ3n) is 13.9. The molecule has 0 bridgehead atoms. The molecule has 0 unspecified atom stereocenters. The molecule has 10 atom stereocenters. The van der Waals surface area contributed by atoms with Crippen molar-refractivity contribution in [2.75, 3.05) is 0 Å². The summed E-state index contributed by atoms with van der Waals surface area (Å²) < 4.78 is 5.58. The summed E-state index contributed by atoms with van der Waals surface area (Å²) in [5.41, 5.74) is 3.44. The van der Waals surface area contributed by atoms with E-state index in [1.807, 2.05) is 67.6 Å². The van der Waals surface area contributed by atoms with Crippen LogP contribution in [0.15, 0.2) is 84.9 Å². The molecule has 3 amide bonds. The SMILES string of the molecule is CCC[C@@]12CC[C@@H](c3ccc(Cl)cc3Cl)[C@H](c3ccc(Cl)cc3)[C@@H]1[C@@H](C)NC2=O.C[C@@H]1[C@H]2[C@@H](c3ccc(Cl)cc3)[C@H](c3ccc(Cl)cc3Cl)CC[C@@H]2C(=O)N1C(=O)OC(C)(C)C. The molecule has 6 nitrogen and oxygen atoms in total. The summed E-state index contributed by atoms with van der Waals surface area (Å²) in [6.07, 6.45) is 4.60. The molecule has 12 heteroatoms. The molecule has 4 aliphatic rings. The second-order valence-electron chi connectivity index (χ2n) is 18.6. The summed E-state index contributed by atoms with van der Waals surface area (Å²) in [5.74, 6) is 0.412. The topological polar surface area (TPSA) is 75.7 Å². The molecule has 2 aliphatic heterocycles. The van der Waals surface area contributed by atoms with Crippen molar-refractivity contribution in [2.24, 2.45) is 23.2 Å². The lowest BCUT2D eigenvalue weighted by Crippen LogP contribution is -2.44. The molecule has 8 rings (SSSR count). The van der Waals surface area contributed by atoms with Gasteiger partial charge in [0, 0.05) is 54.1 Å². The third kappa shape index (κ3) is 9.26. The highest BCUT2D eigenvalue weighted by molar-refractivity contribution is 6.35. The van der Waals surface area contributed by atoms with E-state index in [2.05, 4.69) is 37.4 Å². The third-order valence-corrected chi connectivity index (χ3v) is 15.5. The van der Waals surface area contributed by atoms with E-state index in [9.17, 15) is 14.4 Å². The Balaban J connectivity index is 0.000000188. The molecule has 0 radical (unpaired) electrons. The van der Waals surface area contributed by atoms with Crippen molar-refractivity contribution in [1.82, 2.24) is 10.2 Å². The Bertz CT molecular complexity index is 2300. The van der Waals surface area contributed by atoms with Gasteiger partial charge in [-0.25, -0.2) is 9.69 Å². The number of likely N-dealkylation sites (tertiary alicyclic amines) is 1. The van der Waals surface area contributed by atoms with Gasteiger partial charge >= 0.3 is 6.09 Å². The fourth-order valence-electron chi connectivity index (χ4n) is 11.6. The predicted octanol–water partition coefficient (Wildman–Crippen LogP) is 14.9. The summed E-state index contributed by atoms with van der Waals surface area (Å²) in [6.45, 7) is 11.7. The Kier molecular flexibility index (Phi) is 14.3. The lowest BCUT2D eigenvalue weighted by Gasteiger charge is -2.48. The van der Waals surface area contributed by atoms with Crippen molar-refractivity contribution in [3.8, 4) is 0 Å². The molecule has 4 aromatic carbocycles. The highest BCUT2D eigenvalue weighted by Gasteiger charge is 2.60. The number of hydrogen-bond donors (Lipinski definition) is 1. The summed E-state index contributed by atoms with van der Waals surface area (Å²) in [7, 11) is 0. The second kappa shape index (κ2) is 18.9. The lowest BCUT2D eigenvalue weighted by atomic mass is 9.54. The molecular weight excluding hydrogens is 905 g/mol. The van der Waals surface area contributed by atoms with E-state index in [1.165, 1.54) is 10.5 Å². The molecule has 4 aromatic rings. The minimum atomic E-state index is -0.681. The van der Waals surface area contributed by atoms with Crippen LogP contribution in [0.2, 0.25) is 30.1 Å². The van der Waals surface area contributed by atoms with Crippen LogP contribution in [0.5, 0.6) is 0 Å². The number of carbonyl (C=O) groups is 3. The van der Waals surface area contributed by atoms with Crippen molar-refractivity contribution in [2.45, 2.75) is 121 Å². The maximum Gasteiger partial charge on any atom is 0.417 e. The molecular formula is C50H54Cl6N2O4. The Labute approximate surface area is 396 Å². The Morgan fingerprint density at radius 2 is 1.19 bits per heavy atom. The number of imide groups is 1. The maximum atomic E-state index is 13.4. The number of benzene rings is 4. The number of ether oxygens (including phenoxy) is 1. The first-order valence-electron chi connectivity index (χ1n) is 21.6. The minimum absolute atomic E-state index is 0.0221. The smallest absolute Gasteiger partial charge is 0.417 e. The van der Waals surface area contributed by atoms with Gasteiger partial charge in [-0.3, -0.25) is 9.59 Å². The van der Waals surface area contributed by atoms with Crippen LogP contribution >= 0.6 is 69.6 Å². The van der Waals surface area contributed by atoms with Crippen molar-refractivity contribution in [3.05, 3.63) is 137 Å².